The first-order chi connectivity index (χ1) is 14.3. The summed E-state index contributed by atoms with van der Waals surface area (Å²) in [7, 11) is 0. The highest BCUT2D eigenvalue weighted by Gasteiger charge is 2.33. The van der Waals surface area contributed by atoms with Gasteiger partial charge in [-0.2, -0.15) is 0 Å². The normalized spacial score (nSPS) is 31.4. The van der Waals surface area contributed by atoms with Gasteiger partial charge >= 0.3 is 5.97 Å². The van der Waals surface area contributed by atoms with Crippen LogP contribution in [0.3, 0.4) is 0 Å². The molecule has 1 aliphatic rings. The number of hydrogen-bond acceptors (Lipinski definition) is 6. The van der Waals surface area contributed by atoms with Gasteiger partial charge in [0.2, 0.25) is 0 Å². The summed E-state index contributed by atoms with van der Waals surface area (Å²) in [5.74, 6) is -1.03. The first-order valence-corrected chi connectivity index (χ1v) is 10.4. The van der Waals surface area contributed by atoms with Crippen molar-refractivity contribution >= 4 is 11.8 Å². The zero-order valence-electron chi connectivity index (χ0n) is 19.2. The van der Waals surface area contributed by atoms with E-state index in [1.165, 1.54) is 25.2 Å². The number of carbonyl (C=O) groups excluding carboxylic acids is 2. The molecule has 0 heterocycles. The van der Waals surface area contributed by atoms with Crippen molar-refractivity contribution < 1.29 is 29.6 Å². The van der Waals surface area contributed by atoms with Crippen LogP contribution in [-0.4, -0.2) is 51.5 Å². The van der Waals surface area contributed by atoms with E-state index < -0.39 is 41.6 Å². The lowest BCUT2D eigenvalue weighted by Gasteiger charge is -2.30. The van der Waals surface area contributed by atoms with E-state index in [2.05, 4.69) is 6.58 Å². The third-order valence-corrected chi connectivity index (χ3v) is 5.33. The molecule has 1 unspecified atom stereocenters. The topological polar surface area (TPSA) is 104 Å². The molecule has 0 spiro atoms. The molecular weight excluding hydrogens is 396 g/mol. The molecule has 1 rings (SSSR count). The van der Waals surface area contributed by atoms with Crippen molar-refractivity contribution in [1.82, 2.24) is 0 Å². The van der Waals surface area contributed by atoms with Crippen molar-refractivity contribution in [3.05, 3.63) is 59.8 Å². The minimum Gasteiger partial charge on any atom is -0.452 e. The molecule has 0 aliphatic heterocycles. The van der Waals surface area contributed by atoms with Crippen molar-refractivity contribution in [3.8, 4) is 0 Å². The monoisotopic (exact) mass is 432 g/mol. The van der Waals surface area contributed by atoms with E-state index in [0.29, 0.717) is 24.8 Å². The summed E-state index contributed by atoms with van der Waals surface area (Å²) in [6.45, 7) is 12.0. The maximum absolute atomic E-state index is 12.5. The van der Waals surface area contributed by atoms with E-state index in [1.807, 2.05) is 13.0 Å². The average Bonchev–Trinajstić information content (AvgIpc) is 2.68. The number of hydrogen-bond donors (Lipinski definition) is 3. The van der Waals surface area contributed by atoms with Gasteiger partial charge in [0.05, 0.1) is 12.7 Å². The second-order valence-corrected chi connectivity index (χ2v) is 9.01. The van der Waals surface area contributed by atoms with Gasteiger partial charge in [0, 0.05) is 11.6 Å². The minimum absolute atomic E-state index is 0.215. The second-order valence-electron chi connectivity index (χ2n) is 9.01. The Morgan fingerprint density at radius 3 is 2.52 bits per heavy atom. The molecule has 6 heteroatoms. The fraction of sp³-hybridized carbons (Fsp3) is 0.520. The number of ether oxygens (including phenoxy) is 1. The second kappa shape index (κ2) is 11.4. The molecule has 0 aromatic carbocycles. The Kier molecular flexibility index (Phi) is 9.81. The highest BCUT2D eigenvalue weighted by Crippen LogP contribution is 2.33. The Labute approximate surface area is 185 Å². The molecule has 31 heavy (non-hydrogen) atoms. The van der Waals surface area contributed by atoms with E-state index in [1.54, 1.807) is 32.9 Å². The van der Waals surface area contributed by atoms with Crippen LogP contribution in [0, 0.1) is 5.41 Å². The molecule has 0 bridgehead atoms. The maximum atomic E-state index is 12.5. The maximum Gasteiger partial charge on any atom is 0.331 e. The van der Waals surface area contributed by atoms with Crippen LogP contribution in [0.5, 0.6) is 0 Å². The van der Waals surface area contributed by atoms with Gasteiger partial charge in [-0.1, -0.05) is 36.8 Å². The van der Waals surface area contributed by atoms with Crippen LogP contribution in [0.4, 0.5) is 0 Å². The van der Waals surface area contributed by atoms with Gasteiger partial charge in [-0.3, -0.25) is 4.79 Å². The Morgan fingerprint density at radius 1 is 1.32 bits per heavy atom. The standard InChI is InChI=1S/C25H36O6/c1-17(2)15-23(29)31-22-10-13-24(5,12-8-20(27)18(3)4)11-7-19(16-26)21(28)9-14-25(22,6)30/h7,9-10,13-15,20,22,26-27,30H,3,8,11-12,16H2,1-2,4-6H3/b13-10-,14-9-,19-7-/t20?,22-,24-,25-/m1/s1. The Morgan fingerprint density at radius 2 is 1.97 bits per heavy atom. The summed E-state index contributed by atoms with van der Waals surface area (Å²) in [4.78, 5) is 24.7. The molecule has 1 aliphatic carbocycles. The van der Waals surface area contributed by atoms with Crippen LogP contribution in [0.25, 0.3) is 0 Å². The number of aliphatic hydroxyl groups is 3. The van der Waals surface area contributed by atoms with Gasteiger partial charge in [0.15, 0.2) is 11.9 Å². The summed E-state index contributed by atoms with van der Waals surface area (Å²) < 4.78 is 5.49. The number of rotatable bonds is 7. The number of carbonyl (C=O) groups is 2. The zero-order valence-corrected chi connectivity index (χ0v) is 19.2. The summed E-state index contributed by atoms with van der Waals surface area (Å²) in [5, 5.41) is 30.7. The molecule has 0 saturated carbocycles. The lowest BCUT2D eigenvalue weighted by Crippen LogP contribution is -2.39. The molecule has 6 nitrogen and oxygen atoms in total. The number of allylic oxidation sites excluding steroid dienone is 4. The molecule has 0 aromatic heterocycles. The lowest BCUT2D eigenvalue weighted by molar-refractivity contribution is -0.148. The highest BCUT2D eigenvalue weighted by molar-refractivity contribution is 6.04. The van der Waals surface area contributed by atoms with Crippen LogP contribution in [0.1, 0.15) is 53.9 Å². The van der Waals surface area contributed by atoms with Crippen molar-refractivity contribution in [2.45, 2.75) is 71.7 Å². The first-order valence-electron chi connectivity index (χ1n) is 10.4. The third-order valence-electron chi connectivity index (χ3n) is 5.33. The van der Waals surface area contributed by atoms with E-state index >= 15 is 0 Å². The predicted molar refractivity (Wildman–Crippen MR) is 121 cm³/mol. The van der Waals surface area contributed by atoms with E-state index in [9.17, 15) is 24.9 Å². The van der Waals surface area contributed by atoms with Gasteiger partial charge in [-0.25, -0.2) is 4.79 Å². The lowest BCUT2D eigenvalue weighted by atomic mass is 9.79. The summed E-state index contributed by atoms with van der Waals surface area (Å²) >= 11 is 0. The van der Waals surface area contributed by atoms with Gasteiger partial charge in [0.1, 0.15) is 5.60 Å². The Balaban J connectivity index is 3.38. The van der Waals surface area contributed by atoms with Crippen molar-refractivity contribution in [3.63, 3.8) is 0 Å². The van der Waals surface area contributed by atoms with E-state index in [0.717, 1.165) is 5.57 Å². The number of ketones is 1. The molecule has 4 atom stereocenters. The fourth-order valence-electron chi connectivity index (χ4n) is 3.08. The minimum atomic E-state index is -1.65. The zero-order chi connectivity index (χ0) is 23.8. The van der Waals surface area contributed by atoms with Crippen molar-refractivity contribution in [2.75, 3.05) is 6.61 Å². The largest absolute Gasteiger partial charge is 0.452 e. The predicted octanol–water partition coefficient (Wildman–Crippen LogP) is 3.34. The summed E-state index contributed by atoms with van der Waals surface area (Å²) in [5.41, 5.74) is -0.552. The smallest absolute Gasteiger partial charge is 0.331 e. The third kappa shape index (κ3) is 8.77. The van der Waals surface area contributed by atoms with Gasteiger partial charge in [-0.05, 0) is 70.6 Å². The van der Waals surface area contributed by atoms with Crippen LogP contribution in [0.15, 0.2) is 59.8 Å². The molecular formula is C25H36O6. The van der Waals surface area contributed by atoms with Crippen molar-refractivity contribution in [1.29, 1.82) is 0 Å². The molecule has 0 aromatic rings. The highest BCUT2D eigenvalue weighted by atomic mass is 16.6. The summed E-state index contributed by atoms with van der Waals surface area (Å²) in [6.07, 6.45) is 8.63. The number of esters is 1. The van der Waals surface area contributed by atoms with Crippen LogP contribution in [0.2, 0.25) is 0 Å². The SMILES string of the molecule is C=C(C)C(O)CC[C@]1(C)/C=C\[C@@H](OC(=O)C=C(C)C)[C@](C)(O)/C=C\C(=O)/C(CO)=C\C1. The molecule has 172 valence electrons. The fourth-order valence-corrected chi connectivity index (χ4v) is 3.08. The Hall–Kier alpha value is -2.28. The van der Waals surface area contributed by atoms with Gasteiger partial charge in [0.25, 0.3) is 0 Å². The quantitative estimate of drug-likeness (QED) is 0.324. The Bertz CT molecular complexity index is 795. The van der Waals surface area contributed by atoms with Crippen LogP contribution < -0.4 is 0 Å². The molecule has 0 radical (unpaired) electrons. The van der Waals surface area contributed by atoms with Crippen LogP contribution >= 0.6 is 0 Å². The van der Waals surface area contributed by atoms with E-state index in [4.69, 9.17) is 4.74 Å². The molecule has 0 fully saturated rings. The van der Waals surface area contributed by atoms with Crippen LogP contribution in [-0.2, 0) is 14.3 Å². The first kappa shape index (κ1) is 26.8. The van der Waals surface area contributed by atoms with Gasteiger partial charge < -0.3 is 20.1 Å². The van der Waals surface area contributed by atoms with Gasteiger partial charge in [-0.15, -0.1) is 0 Å². The van der Waals surface area contributed by atoms with E-state index in [-0.39, 0.29) is 5.57 Å². The molecule has 0 saturated heterocycles. The number of aliphatic hydroxyl groups excluding tert-OH is 2. The molecule has 0 amide bonds. The molecule has 3 N–H and O–H groups in total. The average molecular weight is 433 g/mol. The summed E-state index contributed by atoms with van der Waals surface area (Å²) in [6, 6.07) is 0. The van der Waals surface area contributed by atoms with Crippen molar-refractivity contribution in [2.24, 2.45) is 5.41 Å².